The molecule has 1 aliphatic rings. The third-order valence-electron chi connectivity index (χ3n) is 2.68. The molecule has 3 N–H and O–H groups in total. The molecule has 92 valence electrons. The molecular formula is C13H18N2O2. The number of carbonyl (C=O) groups is 1. The molecule has 1 aliphatic carbocycles. The summed E-state index contributed by atoms with van der Waals surface area (Å²) in [4.78, 5) is 11.6. The lowest BCUT2D eigenvalue weighted by Crippen LogP contribution is -2.13. The number of nitrogens with one attached hydrogen (secondary N) is 1. The van der Waals surface area contributed by atoms with Gasteiger partial charge in [0.25, 0.3) is 0 Å². The minimum Gasteiger partial charge on any atom is -0.492 e. The fourth-order valence-corrected chi connectivity index (χ4v) is 1.64. The number of nitrogens with two attached hydrogens (primary N) is 1. The molecule has 1 aromatic carbocycles. The lowest BCUT2D eigenvalue weighted by Gasteiger charge is -2.08. The van der Waals surface area contributed by atoms with E-state index in [-0.39, 0.29) is 5.91 Å². The number of hydrogen-bond donors (Lipinski definition) is 2. The molecule has 17 heavy (non-hydrogen) atoms. The summed E-state index contributed by atoms with van der Waals surface area (Å²) >= 11 is 0. The standard InChI is InChI=1S/C13H18N2O2/c14-6-7-17-12-3-1-2-11(9-12)15-13(16)8-10-4-5-10/h1-3,9-10H,4-8,14H2,(H,15,16). The van der Waals surface area contributed by atoms with E-state index < -0.39 is 0 Å². The van der Waals surface area contributed by atoms with Gasteiger partial charge in [-0.25, -0.2) is 0 Å². The van der Waals surface area contributed by atoms with Crippen molar-refractivity contribution in [3.8, 4) is 5.75 Å². The molecule has 1 fully saturated rings. The van der Waals surface area contributed by atoms with E-state index in [1.807, 2.05) is 24.3 Å². The Morgan fingerprint density at radius 2 is 2.29 bits per heavy atom. The summed E-state index contributed by atoms with van der Waals surface area (Å²) in [5.74, 6) is 1.43. The molecule has 4 heteroatoms. The SMILES string of the molecule is NCCOc1cccc(NC(=O)CC2CC2)c1. The van der Waals surface area contributed by atoms with Crippen LogP contribution in [0.4, 0.5) is 5.69 Å². The highest BCUT2D eigenvalue weighted by Crippen LogP contribution is 2.32. The number of ether oxygens (including phenoxy) is 1. The molecule has 4 nitrogen and oxygen atoms in total. The quantitative estimate of drug-likeness (QED) is 0.788. The van der Waals surface area contributed by atoms with Gasteiger partial charge in [-0.2, -0.15) is 0 Å². The van der Waals surface area contributed by atoms with Gasteiger partial charge in [0.2, 0.25) is 5.91 Å². The first-order valence-electron chi connectivity index (χ1n) is 6.00. The summed E-state index contributed by atoms with van der Waals surface area (Å²) in [5, 5.41) is 2.88. The zero-order valence-corrected chi connectivity index (χ0v) is 9.82. The second-order valence-electron chi connectivity index (χ2n) is 4.36. The predicted molar refractivity (Wildman–Crippen MR) is 67.0 cm³/mol. The molecule has 0 heterocycles. The normalized spacial score (nSPS) is 14.4. The van der Waals surface area contributed by atoms with Crippen molar-refractivity contribution in [3.63, 3.8) is 0 Å². The Hall–Kier alpha value is -1.55. The van der Waals surface area contributed by atoms with Gasteiger partial charge in [-0.3, -0.25) is 4.79 Å². The Morgan fingerprint density at radius 3 is 3.00 bits per heavy atom. The van der Waals surface area contributed by atoms with Crippen LogP contribution >= 0.6 is 0 Å². The molecule has 0 saturated heterocycles. The number of anilines is 1. The molecule has 1 aromatic rings. The van der Waals surface area contributed by atoms with Crippen LogP contribution in [0.2, 0.25) is 0 Å². The van der Waals surface area contributed by atoms with Gasteiger partial charge in [-0.1, -0.05) is 6.07 Å². The van der Waals surface area contributed by atoms with Gasteiger partial charge in [-0.05, 0) is 30.9 Å². The van der Waals surface area contributed by atoms with Gasteiger partial charge in [0, 0.05) is 24.7 Å². The van der Waals surface area contributed by atoms with Crippen molar-refractivity contribution in [1.29, 1.82) is 0 Å². The second kappa shape index (κ2) is 5.68. The summed E-state index contributed by atoms with van der Waals surface area (Å²) in [5.41, 5.74) is 6.14. The number of benzene rings is 1. The molecule has 0 unspecified atom stereocenters. The molecule has 0 radical (unpaired) electrons. The number of carbonyl (C=O) groups excluding carboxylic acids is 1. The zero-order valence-electron chi connectivity index (χ0n) is 9.82. The Kier molecular flexibility index (Phi) is 3.98. The van der Waals surface area contributed by atoms with E-state index >= 15 is 0 Å². The van der Waals surface area contributed by atoms with Gasteiger partial charge in [0.15, 0.2) is 0 Å². The highest BCUT2D eigenvalue weighted by molar-refractivity contribution is 5.91. The van der Waals surface area contributed by atoms with E-state index in [1.165, 1.54) is 12.8 Å². The van der Waals surface area contributed by atoms with Crippen molar-refractivity contribution >= 4 is 11.6 Å². The fourth-order valence-electron chi connectivity index (χ4n) is 1.64. The van der Waals surface area contributed by atoms with Crippen LogP contribution < -0.4 is 15.8 Å². The van der Waals surface area contributed by atoms with Gasteiger partial charge >= 0.3 is 0 Å². The van der Waals surface area contributed by atoms with Crippen molar-refractivity contribution in [3.05, 3.63) is 24.3 Å². The van der Waals surface area contributed by atoms with Crippen LogP contribution in [0, 0.1) is 5.92 Å². The van der Waals surface area contributed by atoms with E-state index in [2.05, 4.69) is 5.32 Å². The van der Waals surface area contributed by atoms with Crippen LogP contribution in [-0.4, -0.2) is 19.1 Å². The van der Waals surface area contributed by atoms with E-state index in [4.69, 9.17) is 10.5 Å². The third kappa shape index (κ3) is 4.07. The van der Waals surface area contributed by atoms with Crippen molar-refractivity contribution in [2.24, 2.45) is 11.7 Å². The summed E-state index contributed by atoms with van der Waals surface area (Å²) in [7, 11) is 0. The summed E-state index contributed by atoms with van der Waals surface area (Å²) in [6, 6.07) is 7.39. The molecule has 0 spiro atoms. The van der Waals surface area contributed by atoms with Gasteiger partial charge in [0.1, 0.15) is 12.4 Å². The van der Waals surface area contributed by atoms with Crippen LogP contribution in [0.5, 0.6) is 5.75 Å². The molecule has 0 atom stereocenters. The summed E-state index contributed by atoms with van der Waals surface area (Å²) in [6.45, 7) is 0.970. The van der Waals surface area contributed by atoms with Crippen LogP contribution in [0.25, 0.3) is 0 Å². The lowest BCUT2D eigenvalue weighted by atomic mass is 10.2. The molecule has 0 bridgehead atoms. The second-order valence-corrected chi connectivity index (χ2v) is 4.36. The Labute approximate surface area is 101 Å². The van der Waals surface area contributed by atoms with Gasteiger partial charge in [-0.15, -0.1) is 0 Å². The highest BCUT2D eigenvalue weighted by atomic mass is 16.5. The molecule has 2 rings (SSSR count). The van der Waals surface area contributed by atoms with E-state index in [1.54, 1.807) is 0 Å². The topological polar surface area (TPSA) is 64.3 Å². The number of amides is 1. The fraction of sp³-hybridized carbons (Fsp3) is 0.462. The molecule has 0 aliphatic heterocycles. The zero-order chi connectivity index (χ0) is 12.1. The minimum absolute atomic E-state index is 0.0866. The first kappa shape index (κ1) is 11.9. The predicted octanol–water partition coefficient (Wildman–Crippen LogP) is 1.76. The van der Waals surface area contributed by atoms with E-state index in [9.17, 15) is 4.79 Å². The summed E-state index contributed by atoms with van der Waals surface area (Å²) < 4.78 is 5.39. The molecule has 1 amide bonds. The number of hydrogen-bond acceptors (Lipinski definition) is 3. The third-order valence-corrected chi connectivity index (χ3v) is 2.68. The van der Waals surface area contributed by atoms with Crippen LogP contribution in [0.1, 0.15) is 19.3 Å². The average Bonchev–Trinajstić information content (AvgIpc) is 3.10. The van der Waals surface area contributed by atoms with Crippen LogP contribution in [0.15, 0.2) is 24.3 Å². The Balaban J connectivity index is 1.87. The van der Waals surface area contributed by atoms with Gasteiger partial charge < -0.3 is 15.8 Å². The average molecular weight is 234 g/mol. The van der Waals surface area contributed by atoms with Crippen LogP contribution in [-0.2, 0) is 4.79 Å². The Bertz CT molecular complexity index is 389. The van der Waals surface area contributed by atoms with Gasteiger partial charge in [0.05, 0.1) is 0 Å². The lowest BCUT2D eigenvalue weighted by molar-refractivity contribution is -0.116. The maximum absolute atomic E-state index is 11.6. The van der Waals surface area contributed by atoms with Crippen molar-refractivity contribution in [2.45, 2.75) is 19.3 Å². The molecular weight excluding hydrogens is 216 g/mol. The molecule has 0 aromatic heterocycles. The first-order chi connectivity index (χ1) is 8.28. The van der Waals surface area contributed by atoms with E-state index in [0.717, 1.165) is 11.4 Å². The smallest absolute Gasteiger partial charge is 0.224 e. The van der Waals surface area contributed by atoms with Crippen molar-refractivity contribution in [1.82, 2.24) is 0 Å². The van der Waals surface area contributed by atoms with E-state index in [0.29, 0.717) is 25.5 Å². The Morgan fingerprint density at radius 1 is 1.47 bits per heavy atom. The maximum atomic E-state index is 11.6. The van der Waals surface area contributed by atoms with Crippen molar-refractivity contribution < 1.29 is 9.53 Å². The molecule has 1 saturated carbocycles. The van der Waals surface area contributed by atoms with Crippen LogP contribution in [0.3, 0.4) is 0 Å². The number of rotatable bonds is 6. The summed E-state index contributed by atoms with van der Waals surface area (Å²) in [6.07, 6.45) is 3.01. The monoisotopic (exact) mass is 234 g/mol. The highest BCUT2D eigenvalue weighted by Gasteiger charge is 2.24. The largest absolute Gasteiger partial charge is 0.492 e. The maximum Gasteiger partial charge on any atom is 0.224 e. The van der Waals surface area contributed by atoms with Crippen molar-refractivity contribution in [2.75, 3.05) is 18.5 Å². The first-order valence-corrected chi connectivity index (χ1v) is 6.00. The minimum atomic E-state index is 0.0866.